The van der Waals surface area contributed by atoms with Crippen LogP contribution in [-0.4, -0.2) is 12.6 Å². The van der Waals surface area contributed by atoms with Crippen LogP contribution in [0.5, 0.6) is 0 Å². The largest absolute Gasteiger partial charge is 0.314 e. The lowest BCUT2D eigenvalue weighted by molar-refractivity contribution is 0.205. The van der Waals surface area contributed by atoms with Gasteiger partial charge in [-0.3, -0.25) is 0 Å². The quantitative estimate of drug-likeness (QED) is 0.669. The Kier molecular flexibility index (Phi) is 6.62. The summed E-state index contributed by atoms with van der Waals surface area (Å²) in [5, 5.41) is 3.61. The monoisotopic (exact) mass is 227 g/mol. The molecule has 16 heavy (non-hydrogen) atoms. The molecule has 0 saturated heterocycles. The maximum atomic E-state index is 3.61. The third-order valence-electron chi connectivity index (χ3n) is 3.27. The van der Waals surface area contributed by atoms with Crippen molar-refractivity contribution < 1.29 is 0 Å². The van der Waals surface area contributed by atoms with Crippen molar-refractivity contribution in [1.29, 1.82) is 0 Å². The minimum Gasteiger partial charge on any atom is -0.314 e. The van der Waals surface area contributed by atoms with E-state index in [2.05, 4.69) is 53.8 Å². The van der Waals surface area contributed by atoms with Gasteiger partial charge in [-0.15, -0.1) is 0 Å². The zero-order valence-corrected chi connectivity index (χ0v) is 12.6. The SMILES string of the molecule is CCCC(C)(CCC(C)(C)C)CNC(C)C. The van der Waals surface area contributed by atoms with E-state index in [1.165, 1.54) is 25.7 Å². The standard InChI is InChI=1S/C15H33N/c1-8-9-15(7,12-16-13(2)3)11-10-14(4,5)6/h13,16H,8-12H2,1-7H3. The first-order chi connectivity index (χ1) is 7.18. The Morgan fingerprint density at radius 2 is 1.50 bits per heavy atom. The third-order valence-corrected chi connectivity index (χ3v) is 3.27. The first-order valence-corrected chi connectivity index (χ1v) is 6.92. The number of hydrogen-bond donors (Lipinski definition) is 1. The summed E-state index contributed by atoms with van der Waals surface area (Å²) >= 11 is 0. The van der Waals surface area contributed by atoms with Gasteiger partial charge in [-0.25, -0.2) is 0 Å². The van der Waals surface area contributed by atoms with Gasteiger partial charge in [-0.1, -0.05) is 54.9 Å². The Bertz CT molecular complexity index is 178. The third kappa shape index (κ3) is 8.15. The van der Waals surface area contributed by atoms with E-state index in [1.54, 1.807) is 0 Å². The van der Waals surface area contributed by atoms with Gasteiger partial charge >= 0.3 is 0 Å². The molecular weight excluding hydrogens is 194 g/mol. The average molecular weight is 227 g/mol. The fourth-order valence-corrected chi connectivity index (χ4v) is 2.03. The summed E-state index contributed by atoms with van der Waals surface area (Å²) in [5.41, 5.74) is 0.944. The highest BCUT2D eigenvalue weighted by atomic mass is 14.9. The summed E-state index contributed by atoms with van der Waals surface area (Å²) in [6.45, 7) is 17.4. The Morgan fingerprint density at radius 3 is 1.88 bits per heavy atom. The Hall–Kier alpha value is -0.0400. The highest BCUT2D eigenvalue weighted by molar-refractivity contribution is 4.79. The van der Waals surface area contributed by atoms with E-state index < -0.39 is 0 Å². The van der Waals surface area contributed by atoms with E-state index in [-0.39, 0.29) is 0 Å². The number of rotatable bonds is 7. The Balaban J connectivity index is 4.21. The molecule has 0 aliphatic heterocycles. The fourth-order valence-electron chi connectivity index (χ4n) is 2.03. The van der Waals surface area contributed by atoms with Gasteiger partial charge in [0.2, 0.25) is 0 Å². The van der Waals surface area contributed by atoms with Crippen LogP contribution in [-0.2, 0) is 0 Å². The minimum atomic E-state index is 0.465. The molecule has 1 heteroatoms. The van der Waals surface area contributed by atoms with Gasteiger partial charge in [0.25, 0.3) is 0 Å². The molecule has 0 radical (unpaired) electrons. The Morgan fingerprint density at radius 1 is 0.938 bits per heavy atom. The van der Waals surface area contributed by atoms with Crippen molar-refractivity contribution in [2.45, 2.75) is 80.2 Å². The molecule has 0 aromatic carbocycles. The smallest absolute Gasteiger partial charge is 0.00106 e. The normalized spacial score (nSPS) is 16.5. The highest BCUT2D eigenvalue weighted by Crippen LogP contribution is 2.33. The molecule has 0 bridgehead atoms. The molecule has 0 aliphatic rings. The highest BCUT2D eigenvalue weighted by Gasteiger charge is 2.25. The second kappa shape index (κ2) is 6.64. The van der Waals surface area contributed by atoms with Gasteiger partial charge in [-0.2, -0.15) is 0 Å². The molecule has 1 nitrogen and oxygen atoms in total. The molecule has 0 heterocycles. The zero-order chi connectivity index (χ0) is 12.8. The molecule has 0 saturated carbocycles. The summed E-state index contributed by atoms with van der Waals surface area (Å²) in [7, 11) is 0. The lowest BCUT2D eigenvalue weighted by atomic mass is 9.76. The molecule has 1 unspecified atom stereocenters. The molecule has 1 N–H and O–H groups in total. The van der Waals surface area contributed by atoms with Crippen LogP contribution in [0, 0.1) is 10.8 Å². The second-order valence-electron chi connectivity index (χ2n) is 7.16. The van der Waals surface area contributed by atoms with Crippen LogP contribution in [0.2, 0.25) is 0 Å². The van der Waals surface area contributed by atoms with Crippen LogP contribution in [0.15, 0.2) is 0 Å². The van der Waals surface area contributed by atoms with Crippen molar-refractivity contribution >= 4 is 0 Å². The second-order valence-corrected chi connectivity index (χ2v) is 7.16. The molecule has 0 aromatic heterocycles. The Labute approximate surface area is 103 Å². The van der Waals surface area contributed by atoms with Crippen LogP contribution in [0.25, 0.3) is 0 Å². The topological polar surface area (TPSA) is 12.0 Å². The first-order valence-electron chi connectivity index (χ1n) is 6.92. The molecule has 0 fully saturated rings. The maximum Gasteiger partial charge on any atom is 0.00106 e. The van der Waals surface area contributed by atoms with Gasteiger partial charge in [0.15, 0.2) is 0 Å². The van der Waals surface area contributed by atoms with Gasteiger partial charge in [0, 0.05) is 12.6 Å². The van der Waals surface area contributed by atoms with Crippen LogP contribution in [0.4, 0.5) is 0 Å². The van der Waals surface area contributed by atoms with E-state index in [9.17, 15) is 0 Å². The average Bonchev–Trinajstić information content (AvgIpc) is 2.12. The molecule has 1 atom stereocenters. The molecule has 0 aromatic rings. The molecule has 98 valence electrons. The van der Waals surface area contributed by atoms with Crippen molar-refractivity contribution in [2.75, 3.05) is 6.54 Å². The summed E-state index contributed by atoms with van der Waals surface area (Å²) in [6, 6.07) is 0.603. The van der Waals surface area contributed by atoms with Gasteiger partial charge < -0.3 is 5.32 Å². The summed E-state index contributed by atoms with van der Waals surface area (Å²) < 4.78 is 0. The van der Waals surface area contributed by atoms with Gasteiger partial charge in [-0.05, 0) is 30.1 Å². The van der Waals surface area contributed by atoms with E-state index in [0.717, 1.165) is 6.54 Å². The summed E-state index contributed by atoms with van der Waals surface area (Å²) in [4.78, 5) is 0. The molecule has 0 rings (SSSR count). The van der Waals surface area contributed by atoms with Crippen LogP contribution in [0.1, 0.15) is 74.1 Å². The van der Waals surface area contributed by atoms with Crippen molar-refractivity contribution in [3.8, 4) is 0 Å². The zero-order valence-electron chi connectivity index (χ0n) is 12.6. The van der Waals surface area contributed by atoms with Crippen LogP contribution < -0.4 is 5.32 Å². The van der Waals surface area contributed by atoms with E-state index in [1.807, 2.05) is 0 Å². The molecular formula is C15H33N. The van der Waals surface area contributed by atoms with Crippen molar-refractivity contribution in [3.05, 3.63) is 0 Å². The lowest BCUT2D eigenvalue weighted by Gasteiger charge is -2.33. The maximum absolute atomic E-state index is 3.61. The molecule has 0 amide bonds. The van der Waals surface area contributed by atoms with Gasteiger partial charge in [0.05, 0.1) is 0 Å². The fraction of sp³-hybridized carbons (Fsp3) is 1.00. The van der Waals surface area contributed by atoms with Crippen molar-refractivity contribution in [3.63, 3.8) is 0 Å². The van der Waals surface area contributed by atoms with Crippen LogP contribution in [0.3, 0.4) is 0 Å². The van der Waals surface area contributed by atoms with Crippen LogP contribution >= 0.6 is 0 Å². The van der Waals surface area contributed by atoms with E-state index in [0.29, 0.717) is 16.9 Å². The molecule has 0 spiro atoms. The van der Waals surface area contributed by atoms with Crippen molar-refractivity contribution in [2.24, 2.45) is 10.8 Å². The predicted octanol–water partition coefficient (Wildman–Crippen LogP) is 4.62. The van der Waals surface area contributed by atoms with E-state index >= 15 is 0 Å². The van der Waals surface area contributed by atoms with E-state index in [4.69, 9.17) is 0 Å². The summed E-state index contributed by atoms with van der Waals surface area (Å²) in [6.07, 6.45) is 5.29. The minimum absolute atomic E-state index is 0.465. The molecule has 0 aliphatic carbocycles. The van der Waals surface area contributed by atoms with Crippen molar-refractivity contribution in [1.82, 2.24) is 5.32 Å². The van der Waals surface area contributed by atoms with Gasteiger partial charge in [0.1, 0.15) is 0 Å². The predicted molar refractivity (Wildman–Crippen MR) is 74.8 cm³/mol. The number of hydrogen-bond acceptors (Lipinski definition) is 1. The number of nitrogens with one attached hydrogen (secondary N) is 1. The lowest BCUT2D eigenvalue weighted by Crippen LogP contribution is -2.36. The summed E-state index contributed by atoms with van der Waals surface area (Å²) in [5.74, 6) is 0. The first kappa shape index (κ1) is 16.0.